The largest absolute Gasteiger partial charge is 0.298 e. The van der Waals surface area contributed by atoms with Crippen LogP contribution in [-0.4, -0.2) is 17.8 Å². The maximum absolute atomic E-state index is 13.3. The van der Waals surface area contributed by atoms with E-state index < -0.39 is 28.7 Å². The zero-order valence-electron chi connectivity index (χ0n) is 10.2. The van der Waals surface area contributed by atoms with E-state index in [0.717, 1.165) is 12.1 Å². The van der Waals surface area contributed by atoms with Crippen LogP contribution in [0.15, 0.2) is 12.1 Å². The summed E-state index contributed by atoms with van der Waals surface area (Å²) in [5.74, 6) is -3.36. The Kier molecular flexibility index (Phi) is 4.13. The third-order valence-corrected chi connectivity index (χ3v) is 1.95. The molecule has 18 heavy (non-hydrogen) atoms. The van der Waals surface area contributed by atoms with Gasteiger partial charge in [-0.3, -0.25) is 14.4 Å². The predicted octanol–water partition coefficient (Wildman–Crippen LogP) is 2.24. The normalized spacial score (nSPS) is 11.2. The molecule has 1 rings (SSSR count). The molecule has 0 heterocycles. The van der Waals surface area contributed by atoms with E-state index in [1.807, 2.05) is 0 Å². The molecular formula is C12H13F2NO3. The Morgan fingerprint density at radius 3 is 2.44 bits per heavy atom. The van der Waals surface area contributed by atoms with Crippen molar-refractivity contribution >= 4 is 12.2 Å². The van der Waals surface area contributed by atoms with E-state index in [2.05, 4.69) is 5.48 Å². The topological polar surface area (TPSA) is 55.4 Å². The molecule has 0 unspecified atom stereocenters. The third-order valence-electron chi connectivity index (χ3n) is 1.95. The molecule has 0 saturated carbocycles. The van der Waals surface area contributed by atoms with Crippen LogP contribution in [-0.2, 0) is 4.84 Å². The summed E-state index contributed by atoms with van der Waals surface area (Å²) >= 11 is 0. The number of carbonyl (C=O) groups is 2. The summed E-state index contributed by atoms with van der Waals surface area (Å²) in [6.07, 6.45) is 0.0877. The second-order valence-corrected chi connectivity index (χ2v) is 4.59. The SMILES string of the molecule is CC(C)(C)ONC(=O)c1ccc(F)c(F)c1C=O. The Bertz CT molecular complexity index is 481. The first-order chi connectivity index (χ1) is 8.26. The van der Waals surface area contributed by atoms with Crippen LogP contribution in [0, 0.1) is 11.6 Å². The summed E-state index contributed by atoms with van der Waals surface area (Å²) in [5.41, 5.74) is 0.512. The second kappa shape index (κ2) is 5.22. The Balaban J connectivity index is 3.00. The van der Waals surface area contributed by atoms with E-state index in [4.69, 9.17) is 4.84 Å². The van der Waals surface area contributed by atoms with Gasteiger partial charge in [-0.1, -0.05) is 0 Å². The molecule has 98 valence electrons. The molecule has 0 bridgehead atoms. The number of hydrogen-bond acceptors (Lipinski definition) is 3. The number of carbonyl (C=O) groups excluding carboxylic acids is 2. The summed E-state index contributed by atoms with van der Waals surface area (Å²) in [7, 11) is 0. The number of hydroxylamine groups is 1. The minimum atomic E-state index is -1.35. The van der Waals surface area contributed by atoms with E-state index in [9.17, 15) is 18.4 Å². The van der Waals surface area contributed by atoms with Gasteiger partial charge in [0.25, 0.3) is 5.91 Å². The molecule has 0 saturated heterocycles. The second-order valence-electron chi connectivity index (χ2n) is 4.59. The number of rotatable bonds is 3. The highest BCUT2D eigenvalue weighted by molar-refractivity contribution is 6.01. The smallest absolute Gasteiger partial charge is 0.275 e. The van der Waals surface area contributed by atoms with Crippen LogP contribution in [0.1, 0.15) is 41.5 Å². The van der Waals surface area contributed by atoms with Gasteiger partial charge in [0.15, 0.2) is 17.9 Å². The number of aldehydes is 1. The van der Waals surface area contributed by atoms with Crippen LogP contribution >= 0.6 is 0 Å². The van der Waals surface area contributed by atoms with Gasteiger partial charge in [0.2, 0.25) is 0 Å². The lowest BCUT2D eigenvalue weighted by atomic mass is 10.1. The van der Waals surface area contributed by atoms with Crippen LogP contribution in [0.4, 0.5) is 8.78 Å². The van der Waals surface area contributed by atoms with E-state index in [0.29, 0.717) is 0 Å². The Morgan fingerprint density at radius 2 is 1.94 bits per heavy atom. The first-order valence-electron chi connectivity index (χ1n) is 5.18. The molecule has 0 radical (unpaired) electrons. The van der Waals surface area contributed by atoms with E-state index in [1.165, 1.54) is 0 Å². The fourth-order valence-electron chi connectivity index (χ4n) is 1.13. The van der Waals surface area contributed by atoms with Gasteiger partial charge in [-0.2, -0.15) is 0 Å². The summed E-state index contributed by atoms with van der Waals surface area (Å²) in [5, 5.41) is 0. The quantitative estimate of drug-likeness (QED) is 0.667. The fraction of sp³-hybridized carbons (Fsp3) is 0.333. The molecular weight excluding hydrogens is 244 g/mol. The number of amides is 1. The van der Waals surface area contributed by atoms with Crippen molar-refractivity contribution in [2.45, 2.75) is 26.4 Å². The molecule has 6 heteroatoms. The summed E-state index contributed by atoms with van der Waals surface area (Å²) in [6.45, 7) is 5.08. The van der Waals surface area contributed by atoms with Gasteiger partial charge in [0, 0.05) is 0 Å². The molecule has 0 spiro atoms. The van der Waals surface area contributed by atoms with Crippen molar-refractivity contribution in [3.8, 4) is 0 Å². The number of halogens is 2. The van der Waals surface area contributed by atoms with E-state index in [1.54, 1.807) is 20.8 Å². The van der Waals surface area contributed by atoms with Crippen LogP contribution in [0.2, 0.25) is 0 Å². The molecule has 0 fully saturated rings. The van der Waals surface area contributed by atoms with Crippen molar-refractivity contribution in [3.05, 3.63) is 34.9 Å². The molecule has 0 aliphatic heterocycles. The summed E-state index contributed by atoms with van der Waals surface area (Å²) in [4.78, 5) is 27.3. The van der Waals surface area contributed by atoms with E-state index in [-0.39, 0.29) is 11.8 Å². The highest BCUT2D eigenvalue weighted by atomic mass is 19.2. The molecule has 1 amide bonds. The Hall–Kier alpha value is -1.82. The average molecular weight is 257 g/mol. The maximum Gasteiger partial charge on any atom is 0.275 e. The first-order valence-corrected chi connectivity index (χ1v) is 5.18. The first kappa shape index (κ1) is 14.2. The molecule has 1 aromatic carbocycles. The zero-order chi connectivity index (χ0) is 13.9. The molecule has 0 aromatic heterocycles. The Labute approximate surface area is 103 Å². The van der Waals surface area contributed by atoms with E-state index >= 15 is 0 Å². The third kappa shape index (κ3) is 3.33. The highest BCUT2D eigenvalue weighted by Gasteiger charge is 2.20. The minimum Gasteiger partial charge on any atom is -0.298 e. The average Bonchev–Trinajstić information content (AvgIpc) is 2.28. The molecule has 1 N–H and O–H groups in total. The summed E-state index contributed by atoms with van der Waals surface area (Å²) < 4.78 is 26.2. The number of hydrogen-bond donors (Lipinski definition) is 1. The standard InChI is InChI=1S/C12H13F2NO3/c1-12(2,3)18-15-11(17)7-4-5-9(13)10(14)8(7)6-16/h4-6H,1-3H3,(H,15,17). The van der Waals surface area contributed by atoms with Crippen molar-refractivity contribution < 1.29 is 23.2 Å². The fourth-order valence-corrected chi connectivity index (χ4v) is 1.13. The van der Waals surface area contributed by atoms with Crippen LogP contribution in [0.25, 0.3) is 0 Å². The van der Waals surface area contributed by atoms with Gasteiger partial charge in [0.1, 0.15) is 0 Å². The van der Waals surface area contributed by atoms with Crippen molar-refractivity contribution in [1.29, 1.82) is 0 Å². The van der Waals surface area contributed by atoms with Gasteiger partial charge in [-0.15, -0.1) is 0 Å². The van der Waals surface area contributed by atoms with Crippen LogP contribution < -0.4 is 5.48 Å². The maximum atomic E-state index is 13.3. The number of nitrogens with one attached hydrogen (secondary N) is 1. The molecule has 0 atom stereocenters. The van der Waals surface area contributed by atoms with Crippen LogP contribution in [0.5, 0.6) is 0 Å². The Morgan fingerprint density at radius 1 is 1.33 bits per heavy atom. The van der Waals surface area contributed by atoms with Crippen molar-refractivity contribution in [2.24, 2.45) is 0 Å². The monoisotopic (exact) mass is 257 g/mol. The zero-order valence-corrected chi connectivity index (χ0v) is 10.2. The van der Waals surface area contributed by atoms with Crippen molar-refractivity contribution in [3.63, 3.8) is 0 Å². The van der Waals surface area contributed by atoms with Crippen molar-refractivity contribution in [1.82, 2.24) is 5.48 Å². The van der Waals surface area contributed by atoms with Gasteiger partial charge in [-0.05, 0) is 32.9 Å². The predicted molar refractivity (Wildman–Crippen MR) is 60.0 cm³/mol. The van der Waals surface area contributed by atoms with Crippen LogP contribution in [0.3, 0.4) is 0 Å². The van der Waals surface area contributed by atoms with Gasteiger partial charge in [0.05, 0.1) is 16.7 Å². The molecule has 0 aliphatic rings. The van der Waals surface area contributed by atoms with Crippen molar-refractivity contribution in [2.75, 3.05) is 0 Å². The lowest BCUT2D eigenvalue weighted by molar-refractivity contribution is -0.0590. The van der Waals surface area contributed by atoms with Gasteiger partial charge < -0.3 is 0 Å². The highest BCUT2D eigenvalue weighted by Crippen LogP contribution is 2.15. The van der Waals surface area contributed by atoms with Gasteiger partial charge >= 0.3 is 0 Å². The lowest BCUT2D eigenvalue weighted by Crippen LogP contribution is -2.34. The molecule has 0 aliphatic carbocycles. The molecule has 4 nitrogen and oxygen atoms in total. The minimum absolute atomic E-state index is 0.0877. The lowest BCUT2D eigenvalue weighted by Gasteiger charge is -2.19. The van der Waals surface area contributed by atoms with Gasteiger partial charge in [-0.25, -0.2) is 14.3 Å². The number of benzene rings is 1. The molecule has 1 aromatic rings. The summed E-state index contributed by atoms with van der Waals surface area (Å²) in [6, 6.07) is 1.79.